The summed E-state index contributed by atoms with van der Waals surface area (Å²) in [6.07, 6.45) is 0. The van der Waals surface area contributed by atoms with Crippen LogP contribution in [-0.2, 0) is 0 Å². The second-order valence-corrected chi connectivity index (χ2v) is 2.85. The fraction of sp³-hybridized carbons (Fsp3) is 0. The molecule has 0 N–H and O–H groups in total. The van der Waals surface area contributed by atoms with Gasteiger partial charge in [-0.2, -0.15) is 0 Å². The van der Waals surface area contributed by atoms with Crippen molar-refractivity contribution in [3.05, 3.63) is 46.4 Å². The third kappa shape index (κ3) is 1.07. The molecule has 0 bridgehead atoms. The van der Waals surface area contributed by atoms with Gasteiger partial charge < -0.3 is 0 Å². The molecule has 2 rings (SSSR count). The van der Waals surface area contributed by atoms with Crippen LogP contribution in [0.15, 0.2) is 36.4 Å². The first-order valence-electron chi connectivity index (χ1n) is 4.09. The van der Waals surface area contributed by atoms with E-state index >= 15 is 0 Å². The lowest BCUT2D eigenvalue weighted by Gasteiger charge is -1.88. The molecule has 14 heavy (non-hydrogen) atoms. The molecule has 0 radical (unpaired) electrons. The summed E-state index contributed by atoms with van der Waals surface area (Å²) in [6.45, 7) is 0. The minimum Gasteiger partial charge on any atom is -0.0536 e. The average Bonchev–Trinajstić information content (AvgIpc) is 2.27. The maximum Gasteiger partial charge on any atom is 0.400 e. The summed E-state index contributed by atoms with van der Waals surface area (Å²) in [4.78, 5) is 6.27. The monoisotopic (exact) mass is 182 g/mol. The van der Waals surface area contributed by atoms with E-state index in [4.69, 9.17) is 10.8 Å². The Kier molecular flexibility index (Phi) is 1.82. The molecule has 0 aliphatic heterocycles. The van der Waals surface area contributed by atoms with Gasteiger partial charge in [0.1, 0.15) is 0 Å². The van der Waals surface area contributed by atoms with Crippen LogP contribution in [0.5, 0.6) is 0 Å². The molecule has 0 saturated carbocycles. The maximum atomic E-state index is 8.76. The molecular formula is C10H6N4+2. The lowest BCUT2D eigenvalue weighted by atomic mass is 10.1. The smallest absolute Gasteiger partial charge is 0.0536 e. The normalized spacial score (nSPS) is 9.29. The van der Waals surface area contributed by atoms with E-state index in [2.05, 4.69) is 9.95 Å². The van der Waals surface area contributed by atoms with E-state index in [1.54, 1.807) is 24.3 Å². The molecule has 0 spiro atoms. The Hall–Kier alpha value is -2.46. The van der Waals surface area contributed by atoms with Crippen molar-refractivity contribution in [3.8, 4) is 0 Å². The van der Waals surface area contributed by atoms with Gasteiger partial charge in [0.25, 0.3) is 0 Å². The van der Waals surface area contributed by atoms with E-state index in [9.17, 15) is 0 Å². The van der Waals surface area contributed by atoms with Gasteiger partial charge in [-0.15, -0.1) is 0 Å². The van der Waals surface area contributed by atoms with E-state index < -0.39 is 0 Å². The van der Waals surface area contributed by atoms with Crippen LogP contribution in [0.3, 0.4) is 0 Å². The third-order valence-electron chi connectivity index (χ3n) is 2.08. The van der Waals surface area contributed by atoms with Gasteiger partial charge in [0.15, 0.2) is 15.3 Å². The topological polar surface area (TPSA) is 56.3 Å². The van der Waals surface area contributed by atoms with Gasteiger partial charge in [-0.25, -0.2) is 0 Å². The van der Waals surface area contributed by atoms with E-state index in [1.807, 2.05) is 12.1 Å². The molecule has 4 heteroatoms. The summed E-state index contributed by atoms with van der Waals surface area (Å²) in [7, 11) is 0. The van der Waals surface area contributed by atoms with Gasteiger partial charge in [-0.1, -0.05) is 24.3 Å². The highest BCUT2D eigenvalue weighted by Gasteiger charge is 2.21. The fourth-order valence-corrected chi connectivity index (χ4v) is 1.47. The SMILES string of the molecule is N#[N+]c1cccc2cccc([N+]#N)c12. The van der Waals surface area contributed by atoms with Crippen LogP contribution in [0.1, 0.15) is 0 Å². The fourth-order valence-electron chi connectivity index (χ4n) is 1.47. The molecule has 0 aliphatic rings. The lowest BCUT2D eigenvalue weighted by Crippen LogP contribution is -1.72. The van der Waals surface area contributed by atoms with Crippen LogP contribution >= 0.6 is 0 Å². The minimum absolute atomic E-state index is 0.399. The predicted molar refractivity (Wildman–Crippen MR) is 53.4 cm³/mol. The van der Waals surface area contributed by atoms with Gasteiger partial charge in [0, 0.05) is 12.1 Å². The van der Waals surface area contributed by atoms with Crippen molar-refractivity contribution in [2.24, 2.45) is 0 Å². The number of diazo groups is 2. The number of rotatable bonds is 0. The van der Waals surface area contributed by atoms with Crippen LogP contribution < -0.4 is 0 Å². The largest absolute Gasteiger partial charge is 0.400 e. The van der Waals surface area contributed by atoms with Crippen molar-refractivity contribution in [1.29, 1.82) is 10.8 Å². The second-order valence-electron chi connectivity index (χ2n) is 2.85. The van der Waals surface area contributed by atoms with Crippen molar-refractivity contribution >= 4 is 22.1 Å². The Morgan fingerprint density at radius 2 is 1.29 bits per heavy atom. The molecule has 0 fully saturated rings. The highest BCUT2D eigenvalue weighted by molar-refractivity contribution is 6.03. The van der Waals surface area contributed by atoms with Gasteiger partial charge in [-0.3, -0.25) is 0 Å². The molecule has 2 aromatic rings. The molecule has 0 amide bonds. The van der Waals surface area contributed by atoms with Crippen LogP contribution in [0.4, 0.5) is 11.4 Å². The number of nitrogens with zero attached hydrogens (tertiary/aromatic N) is 4. The summed E-state index contributed by atoms with van der Waals surface area (Å²) in [6, 6.07) is 10.6. The van der Waals surface area contributed by atoms with Gasteiger partial charge in [0.2, 0.25) is 10.8 Å². The van der Waals surface area contributed by atoms with Crippen LogP contribution in [-0.4, -0.2) is 0 Å². The zero-order valence-electron chi connectivity index (χ0n) is 7.25. The minimum atomic E-state index is 0.399. The van der Waals surface area contributed by atoms with Crippen LogP contribution in [0.25, 0.3) is 20.7 Å². The Bertz CT molecular complexity index is 526. The molecule has 64 valence electrons. The zero-order valence-corrected chi connectivity index (χ0v) is 7.25. The molecule has 0 unspecified atom stereocenters. The number of fused-ring (bicyclic) bond motifs is 1. The quantitative estimate of drug-likeness (QED) is 0.581. The lowest BCUT2D eigenvalue weighted by molar-refractivity contribution is 1.46. The van der Waals surface area contributed by atoms with Gasteiger partial charge >= 0.3 is 11.4 Å². The Balaban J connectivity index is 2.99. The molecular weight excluding hydrogens is 176 g/mol. The predicted octanol–water partition coefficient (Wildman–Crippen LogP) is 3.81. The first-order valence-corrected chi connectivity index (χ1v) is 4.09. The van der Waals surface area contributed by atoms with Crippen molar-refractivity contribution in [2.45, 2.75) is 0 Å². The summed E-state index contributed by atoms with van der Waals surface area (Å²) < 4.78 is 0. The highest BCUT2D eigenvalue weighted by Crippen LogP contribution is 2.33. The van der Waals surface area contributed by atoms with E-state index in [0.717, 1.165) is 5.39 Å². The zero-order chi connectivity index (χ0) is 9.97. The van der Waals surface area contributed by atoms with Gasteiger partial charge in [-0.05, 0) is 5.39 Å². The molecule has 0 saturated heterocycles. The average molecular weight is 182 g/mol. The molecule has 4 nitrogen and oxygen atoms in total. The molecule has 0 heterocycles. The standard InChI is InChI=1S/C10H6N4/c11-13-8-5-1-3-7-4-2-6-9(14-12)10(7)8/h1-6H/q+2. The van der Waals surface area contributed by atoms with E-state index in [1.165, 1.54) is 0 Å². The van der Waals surface area contributed by atoms with Crippen molar-refractivity contribution < 1.29 is 0 Å². The number of hydrogen-bond acceptors (Lipinski definition) is 2. The summed E-state index contributed by atoms with van der Waals surface area (Å²) in [5.74, 6) is 0. The van der Waals surface area contributed by atoms with Crippen LogP contribution in [0.2, 0.25) is 0 Å². The van der Waals surface area contributed by atoms with E-state index in [-0.39, 0.29) is 0 Å². The molecule has 0 aliphatic carbocycles. The van der Waals surface area contributed by atoms with Crippen molar-refractivity contribution in [1.82, 2.24) is 0 Å². The molecule has 0 atom stereocenters. The summed E-state index contributed by atoms with van der Waals surface area (Å²) in [5.41, 5.74) is 0.798. The number of benzene rings is 2. The van der Waals surface area contributed by atoms with Gasteiger partial charge in [0.05, 0.1) is 0 Å². The van der Waals surface area contributed by atoms with Crippen LogP contribution in [0, 0.1) is 10.8 Å². The number of hydrogen-bond donors (Lipinski definition) is 0. The molecule has 0 aromatic heterocycles. The molecule has 2 aromatic carbocycles. The Labute approximate surface area is 80.0 Å². The van der Waals surface area contributed by atoms with E-state index in [0.29, 0.717) is 16.8 Å². The highest BCUT2D eigenvalue weighted by atomic mass is 14.9. The Morgan fingerprint density at radius 3 is 1.71 bits per heavy atom. The Morgan fingerprint density at radius 1 is 0.786 bits per heavy atom. The summed E-state index contributed by atoms with van der Waals surface area (Å²) in [5, 5.41) is 19.0. The van der Waals surface area contributed by atoms with Crippen molar-refractivity contribution in [2.75, 3.05) is 0 Å². The first kappa shape index (κ1) is 8.15. The third-order valence-corrected chi connectivity index (χ3v) is 2.08. The second kappa shape index (κ2) is 3.12. The maximum absolute atomic E-state index is 8.76. The van der Waals surface area contributed by atoms with Crippen molar-refractivity contribution in [3.63, 3.8) is 0 Å². The summed E-state index contributed by atoms with van der Waals surface area (Å²) >= 11 is 0. The first-order chi connectivity index (χ1) is 6.86.